The topological polar surface area (TPSA) is 160 Å². The molecular formula is C26H25Cl2N5O7. The summed E-state index contributed by atoms with van der Waals surface area (Å²) in [5, 5.41) is 18.4. The van der Waals surface area contributed by atoms with Crippen molar-refractivity contribution >= 4 is 47.3 Å². The number of methoxy groups -OCH3 is 1. The molecule has 1 aliphatic heterocycles. The second-order valence-corrected chi connectivity index (χ2v) is 8.88. The van der Waals surface area contributed by atoms with Crippen LogP contribution in [-0.4, -0.2) is 51.1 Å². The maximum absolute atomic E-state index is 12.6. The Balaban J connectivity index is 1.70. The summed E-state index contributed by atoms with van der Waals surface area (Å²) in [6.45, 7) is 2.80. The van der Waals surface area contributed by atoms with E-state index in [4.69, 9.17) is 47.4 Å². The maximum Gasteiger partial charge on any atom is 0.338 e. The first-order chi connectivity index (χ1) is 19.2. The second-order valence-electron chi connectivity index (χ2n) is 8.04. The summed E-state index contributed by atoms with van der Waals surface area (Å²) in [5.41, 5.74) is 3.81. The van der Waals surface area contributed by atoms with E-state index in [9.17, 15) is 14.4 Å². The van der Waals surface area contributed by atoms with Gasteiger partial charge in [-0.1, -0.05) is 29.3 Å². The molecule has 2 aromatic rings. The fourth-order valence-corrected chi connectivity index (χ4v) is 4.25. The van der Waals surface area contributed by atoms with Gasteiger partial charge in [0, 0.05) is 16.3 Å². The van der Waals surface area contributed by atoms with Crippen molar-refractivity contribution in [2.24, 2.45) is 5.10 Å². The van der Waals surface area contributed by atoms with Crippen molar-refractivity contribution in [3.8, 4) is 23.3 Å². The van der Waals surface area contributed by atoms with Crippen LogP contribution in [0.3, 0.4) is 0 Å². The molecule has 0 fully saturated rings. The number of benzene rings is 2. The number of nitrogens with zero attached hydrogens (tertiary/aromatic N) is 2. The molecule has 1 atom stereocenters. The van der Waals surface area contributed by atoms with E-state index in [0.29, 0.717) is 21.8 Å². The summed E-state index contributed by atoms with van der Waals surface area (Å²) in [6, 6.07) is 8.28. The molecule has 40 heavy (non-hydrogen) atoms. The second kappa shape index (κ2) is 14.1. The van der Waals surface area contributed by atoms with Crippen LogP contribution in [0.2, 0.25) is 10.0 Å². The van der Waals surface area contributed by atoms with Crippen molar-refractivity contribution in [2.75, 3.05) is 26.9 Å². The lowest BCUT2D eigenvalue weighted by Gasteiger charge is -2.28. The minimum absolute atomic E-state index is 0.168. The highest BCUT2D eigenvalue weighted by molar-refractivity contribution is 6.36. The number of nitrogens with one attached hydrogen (secondary N) is 3. The summed E-state index contributed by atoms with van der Waals surface area (Å²) >= 11 is 12.1. The number of carbonyl (C=O) groups excluding carboxylic acids is 3. The lowest BCUT2D eigenvalue weighted by Crippen LogP contribution is -2.45. The first-order valence-corrected chi connectivity index (χ1v) is 12.5. The van der Waals surface area contributed by atoms with Gasteiger partial charge in [0.1, 0.15) is 11.8 Å². The van der Waals surface area contributed by atoms with Gasteiger partial charge in [0.15, 0.2) is 24.7 Å². The number of amides is 3. The normalized spacial score (nSPS) is 14.6. The number of allylic oxidation sites excluding steroid dienone is 1. The minimum atomic E-state index is -0.796. The van der Waals surface area contributed by atoms with Crippen LogP contribution >= 0.6 is 23.2 Å². The number of nitriles is 1. The van der Waals surface area contributed by atoms with Crippen LogP contribution in [0.25, 0.3) is 0 Å². The Morgan fingerprint density at radius 2 is 1.98 bits per heavy atom. The Morgan fingerprint density at radius 1 is 1.20 bits per heavy atom. The van der Waals surface area contributed by atoms with E-state index in [2.05, 4.69) is 21.2 Å². The zero-order valence-corrected chi connectivity index (χ0v) is 23.2. The van der Waals surface area contributed by atoms with Gasteiger partial charge in [-0.05, 0) is 43.7 Å². The zero-order valence-electron chi connectivity index (χ0n) is 21.7. The Hall–Kier alpha value is -4.47. The van der Waals surface area contributed by atoms with E-state index in [1.165, 1.54) is 25.5 Å². The van der Waals surface area contributed by atoms with Crippen LogP contribution in [0.4, 0.5) is 4.79 Å². The molecule has 0 saturated heterocycles. The standard InChI is InChI=1S/C26H25Cl2N5O7/c1-4-38-25(35)22-14(2)31-26(36)32-23(22)15-5-6-19(20(10-15)37-3)40-13-21(34)33-30-12-16-9-17(27)11-18(28)24(16)39-8-7-29/h5-6,9-12,23H,4,8,13H2,1-3H3,(H,33,34)(H2,31,32,36)/b30-12+/t23-/m1/s1. The molecule has 0 radical (unpaired) electrons. The number of carbonyl (C=O) groups is 3. The molecule has 0 unspecified atom stereocenters. The van der Waals surface area contributed by atoms with Crippen molar-refractivity contribution in [1.29, 1.82) is 5.26 Å². The van der Waals surface area contributed by atoms with Crippen molar-refractivity contribution in [3.63, 3.8) is 0 Å². The number of halogens is 2. The van der Waals surface area contributed by atoms with E-state index in [0.717, 1.165) is 0 Å². The minimum Gasteiger partial charge on any atom is -0.493 e. The number of hydrogen-bond donors (Lipinski definition) is 3. The lowest BCUT2D eigenvalue weighted by molar-refractivity contribution is -0.139. The Morgan fingerprint density at radius 3 is 2.67 bits per heavy atom. The average molecular weight is 590 g/mol. The van der Waals surface area contributed by atoms with Crippen molar-refractivity contribution in [1.82, 2.24) is 16.1 Å². The molecule has 2 aromatic carbocycles. The third-order valence-corrected chi connectivity index (χ3v) is 5.85. The third kappa shape index (κ3) is 7.56. The Kier molecular flexibility index (Phi) is 10.6. The first kappa shape index (κ1) is 30.1. The van der Waals surface area contributed by atoms with E-state index >= 15 is 0 Å². The fraction of sp³-hybridized carbons (Fsp3) is 0.269. The molecule has 0 bridgehead atoms. The SMILES string of the molecule is CCOC(=O)C1=C(C)NC(=O)N[C@@H]1c1ccc(OCC(=O)N/N=C/c2cc(Cl)cc(Cl)c2OCC#N)c(OC)c1. The zero-order chi connectivity index (χ0) is 29.2. The largest absolute Gasteiger partial charge is 0.493 e. The van der Waals surface area contributed by atoms with Crippen LogP contribution < -0.4 is 30.3 Å². The molecule has 1 heterocycles. The summed E-state index contributed by atoms with van der Waals surface area (Å²) in [6.07, 6.45) is 1.27. The summed E-state index contributed by atoms with van der Waals surface area (Å²) in [7, 11) is 1.41. The average Bonchev–Trinajstić information content (AvgIpc) is 2.91. The van der Waals surface area contributed by atoms with E-state index < -0.39 is 30.6 Å². The number of hydrazone groups is 1. The predicted molar refractivity (Wildman–Crippen MR) is 146 cm³/mol. The van der Waals surface area contributed by atoms with Gasteiger partial charge < -0.3 is 29.6 Å². The molecule has 14 heteroatoms. The van der Waals surface area contributed by atoms with Crippen LogP contribution in [0.15, 0.2) is 46.7 Å². The van der Waals surface area contributed by atoms with Crippen LogP contribution in [-0.2, 0) is 14.3 Å². The van der Waals surface area contributed by atoms with Crippen molar-refractivity contribution in [3.05, 3.63) is 62.8 Å². The number of ether oxygens (including phenoxy) is 4. The lowest BCUT2D eigenvalue weighted by atomic mass is 9.95. The van der Waals surface area contributed by atoms with Gasteiger partial charge in [0.05, 0.1) is 36.6 Å². The molecule has 1 aliphatic rings. The smallest absolute Gasteiger partial charge is 0.338 e. The Labute approximate surface area is 239 Å². The number of hydrogen-bond acceptors (Lipinski definition) is 9. The molecule has 0 spiro atoms. The highest BCUT2D eigenvalue weighted by Crippen LogP contribution is 2.35. The van der Waals surface area contributed by atoms with Crippen molar-refractivity contribution in [2.45, 2.75) is 19.9 Å². The van der Waals surface area contributed by atoms with Gasteiger partial charge in [-0.25, -0.2) is 15.0 Å². The molecule has 0 aliphatic carbocycles. The van der Waals surface area contributed by atoms with Crippen LogP contribution in [0, 0.1) is 11.3 Å². The van der Waals surface area contributed by atoms with Crippen LogP contribution in [0.5, 0.6) is 17.2 Å². The molecule has 3 N–H and O–H groups in total. The van der Waals surface area contributed by atoms with E-state index in [1.807, 2.05) is 6.07 Å². The van der Waals surface area contributed by atoms with Gasteiger partial charge >= 0.3 is 12.0 Å². The molecule has 3 rings (SSSR count). The van der Waals surface area contributed by atoms with Gasteiger partial charge in [0.2, 0.25) is 0 Å². The number of rotatable bonds is 11. The summed E-state index contributed by atoms with van der Waals surface area (Å²) in [4.78, 5) is 37.0. The van der Waals surface area contributed by atoms with Gasteiger partial charge in [-0.3, -0.25) is 4.79 Å². The molecule has 0 saturated carbocycles. The molecule has 0 aromatic heterocycles. The fourth-order valence-electron chi connectivity index (χ4n) is 3.69. The highest BCUT2D eigenvalue weighted by Gasteiger charge is 2.32. The van der Waals surface area contributed by atoms with Crippen molar-refractivity contribution < 1.29 is 33.3 Å². The highest BCUT2D eigenvalue weighted by atomic mass is 35.5. The Bertz CT molecular complexity index is 1400. The number of urea groups is 1. The molecular weight excluding hydrogens is 565 g/mol. The van der Waals surface area contributed by atoms with Crippen LogP contribution in [0.1, 0.15) is 31.0 Å². The van der Waals surface area contributed by atoms with Gasteiger partial charge in [-0.15, -0.1) is 0 Å². The molecule has 12 nitrogen and oxygen atoms in total. The molecule has 3 amide bonds. The summed E-state index contributed by atoms with van der Waals surface area (Å²) in [5.74, 6) is -0.484. The summed E-state index contributed by atoms with van der Waals surface area (Å²) < 4.78 is 21.4. The molecule has 210 valence electrons. The van der Waals surface area contributed by atoms with E-state index in [-0.39, 0.29) is 41.1 Å². The monoisotopic (exact) mass is 589 g/mol. The predicted octanol–water partition coefficient (Wildman–Crippen LogP) is 3.62. The van der Waals surface area contributed by atoms with Gasteiger partial charge in [-0.2, -0.15) is 10.4 Å². The maximum atomic E-state index is 12.6. The number of esters is 1. The van der Waals surface area contributed by atoms with E-state index in [1.54, 1.807) is 32.0 Å². The van der Waals surface area contributed by atoms with Gasteiger partial charge in [0.25, 0.3) is 5.91 Å². The third-order valence-electron chi connectivity index (χ3n) is 5.36. The first-order valence-electron chi connectivity index (χ1n) is 11.7. The quantitative estimate of drug-likeness (QED) is 0.203.